The van der Waals surface area contributed by atoms with Crippen molar-refractivity contribution in [1.82, 2.24) is 0 Å². The number of Topliss-reactive ketones (excluding diaryl/α,β-unsaturated/α-hetero) is 1. The second-order valence-corrected chi connectivity index (χ2v) is 5.68. The van der Waals surface area contributed by atoms with E-state index in [4.69, 9.17) is 9.47 Å². The molecule has 0 N–H and O–H groups in total. The highest BCUT2D eigenvalue weighted by molar-refractivity contribution is 6.12. The summed E-state index contributed by atoms with van der Waals surface area (Å²) in [6.07, 6.45) is 0.389. The van der Waals surface area contributed by atoms with Crippen LogP contribution in [0.5, 0.6) is 5.75 Å². The first-order valence-electron chi connectivity index (χ1n) is 6.26. The molecule has 1 atom stereocenters. The lowest BCUT2D eigenvalue weighted by atomic mass is 10.1. The zero-order valence-electron chi connectivity index (χ0n) is 11.6. The van der Waals surface area contributed by atoms with E-state index in [1.165, 1.54) is 0 Å². The van der Waals surface area contributed by atoms with Gasteiger partial charge in [0.05, 0.1) is 7.11 Å². The van der Waals surface area contributed by atoms with Gasteiger partial charge in [-0.1, -0.05) is 0 Å². The molecular formula is C15H18O4. The maximum absolute atomic E-state index is 12.2. The third kappa shape index (κ3) is 2.78. The van der Waals surface area contributed by atoms with Gasteiger partial charge < -0.3 is 9.47 Å². The van der Waals surface area contributed by atoms with Crippen LogP contribution in [0.3, 0.4) is 0 Å². The van der Waals surface area contributed by atoms with Crippen LogP contribution < -0.4 is 4.74 Å². The molecule has 0 aliphatic heterocycles. The molecule has 0 heterocycles. The zero-order valence-corrected chi connectivity index (χ0v) is 11.6. The number of hydrogen-bond donors (Lipinski definition) is 0. The van der Waals surface area contributed by atoms with Crippen LogP contribution >= 0.6 is 0 Å². The van der Waals surface area contributed by atoms with Crippen molar-refractivity contribution < 1.29 is 19.1 Å². The van der Waals surface area contributed by atoms with Crippen LogP contribution in [0.1, 0.15) is 36.7 Å². The second-order valence-electron chi connectivity index (χ2n) is 5.68. The largest absolute Gasteiger partial charge is 0.497 e. The van der Waals surface area contributed by atoms with E-state index in [1.54, 1.807) is 46.1 Å². The van der Waals surface area contributed by atoms with E-state index in [0.717, 1.165) is 5.56 Å². The van der Waals surface area contributed by atoms with E-state index >= 15 is 0 Å². The van der Waals surface area contributed by atoms with Gasteiger partial charge in [0.25, 0.3) is 0 Å². The lowest BCUT2D eigenvalue weighted by Gasteiger charge is -2.21. The zero-order chi connectivity index (χ0) is 14.2. The molecule has 1 unspecified atom stereocenters. The number of carbonyl (C=O) groups is 2. The van der Waals surface area contributed by atoms with Crippen LogP contribution in [0.25, 0.3) is 0 Å². The number of fused-ring (bicyclic) bond motifs is 1. The smallest absolute Gasteiger partial charge is 0.317 e. The van der Waals surface area contributed by atoms with Crippen LogP contribution in [0.4, 0.5) is 0 Å². The van der Waals surface area contributed by atoms with Crippen molar-refractivity contribution in [3.8, 4) is 5.75 Å². The predicted molar refractivity (Wildman–Crippen MR) is 70.4 cm³/mol. The van der Waals surface area contributed by atoms with Gasteiger partial charge in [0.1, 0.15) is 17.3 Å². The van der Waals surface area contributed by atoms with Gasteiger partial charge in [-0.3, -0.25) is 9.59 Å². The number of esters is 1. The molecule has 1 aliphatic rings. The molecule has 0 saturated heterocycles. The molecule has 19 heavy (non-hydrogen) atoms. The molecule has 0 saturated carbocycles. The van der Waals surface area contributed by atoms with Crippen LogP contribution in [-0.2, 0) is 16.0 Å². The van der Waals surface area contributed by atoms with Crippen molar-refractivity contribution in [3.63, 3.8) is 0 Å². The Labute approximate surface area is 112 Å². The van der Waals surface area contributed by atoms with Crippen molar-refractivity contribution in [2.45, 2.75) is 32.8 Å². The van der Waals surface area contributed by atoms with Gasteiger partial charge in [-0.05, 0) is 51.0 Å². The quantitative estimate of drug-likeness (QED) is 0.606. The molecular weight excluding hydrogens is 244 g/mol. The fraction of sp³-hybridized carbons (Fsp3) is 0.467. The number of carbonyl (C=O) groups excluding carboxylic acids is 2. The summed E-state index contributed by atoms with van der Waals surface area (Å²) in [6, 6.07) is 5.24. The maximum atomic E-state index is 12.2. The van der Waals surface area contributed by atoms with E-state index in [2.05, 4.69) is 0 Å². The molecule has 102 valence electrons. The van der Waals surface area contributed by atoms with E-state index in [0.29, 0.717) is 17.7 Å². The predicted octanol–water partition coefficient (Wildman–Crippen LogP) is 2.39. The Morgan fingerprint density at radius 2 is 2.00 bits per heavy atom. The molecule has 0 radical (unpaired) electrons. The molecule has 0 spiro atoms. The summed E-state index contributed by atoms with van der Waals surface area (Å²) in [5, 5.41) is 0. The Morgan fingerprint density at radius 3 is 2.58 bits per heavy atom. The van der Waals surface area contributed by atoms with Gasteiger partial charge in [-0.25, -0.2) is 0 Å². The fourth-order valence-corrected chi connectivity index (χ4v) is 2.17. The Hall–Kier alpha value is -1.84. The molecule has 0 bridgehead atoms. The normalized spacial score (nSPS) is 18.1. The summed E-state index contributed by atoms with van der Waals surface area (Å²) in [7, 11) is 1.57. The molecule has 1 aliphatic carbocycles. The van der Waals surface area contributed by atoms with Gasteiger partial charge in [-0.15, -0.1) is 0 Å². The first-order chi connectivity index (χ1) is 8.81. The summed E-state index contributed by atoms with van der Waals surface area (Å²) in [6.45, 7) is 5.38. The number of ether oxygens (including phenoxy) is 2. The van der Waals surface area contributed by atoms with Gasteiger partial charge in [-0.2, -0.15) is 0 Å². The average Bonchev–Trinajstić information content (AvgIpc) is 2.64. The summed E-state index contributed by atoms with van der Waals surface area (Å²) in [4.78, 5) is 24.2. The van der Waals surface area contributed by atoms with Gasteiger partial charge in [0.2, 0.25) is 0 Å². The van der Waals surface area contributed by atoms with Crippen LogP contribution in [0.15, 0.2) is 18.2 Å². The molecule has 0 amide bonds. The standard InChI is InChI=1S/C15H18O4/c1-15(2,3)19-14(17)12-8-9-7-10(18-4)5-6-11(9)13(12)16/h5-7,12H,8H2,1-4H3. The lowest BCUT2D eigenvalue weighted by molar-refractivity contribution is -0.157. The Morgan fingerprint density at radius 1 is 1.32 bits per heavy atom. The first-order valence-corrected chi connectivity index (χ1v) is 6.26. The highest BCUT2D eigenvalue weighted by Crippen LogP contribution is 2.31. The molecule has 4 nitrogen and oxygen atoms in total. The molecule has 0 aromatic heterocycles. The van der Waals surface area contributed by atoms with Crippen LogP contribution in [0, 0.1) is 5.92 Å². The summed E-state index contributed by atoms with van der Waals surface area (Å²) in [5.74, 6) is -0.641. The van der Waals surface area contributed by atoms with E-state index < -0.39 is 17.5 Å². The molecule has 4 heteroatoms. The Kier molecular flexibility index (Phi) is 3.35. The summed E-state index contributed by atoms with van der Waals surface area (Å²) in [5.41, 5.74) is 0.862. The molecule has 0 fully saturated rings. The van der Waals surface area contributed by atoms with Gasteiger partial charge in [0, 0.05) is 5.56 Å². The number of ketones is 1. The fourth-order valence-electron chi connectivity index (χ4n) is 2.17. The number of methoxy groups -OCH3 is 1. The maximum Gasteiger partial charge on any atom is 0.317 e. The first kappa shape index (κ1) is 13.6. The monoisotopic (exact) mass is 262 g/mol. The van der Waals surface area contributed by atoms with Crippen LogP contribution in [-0.4, -0.2) is 24.5 Å². The SMILES string of the molecule is COc1ccc2c(c1)CC(C(=O)OC(C)(C)C)C2=O. The molecule has 1 aromatic rings. The third-order valence-corrected chi connectivity index (χ3v) is 3.01. The average molecular weight is 262 g/mol. The van der Waals surface area contributed by atoms with Gasteiger partial charge in [0.15, 0.2) is 5.78 Å². The Bertz CT molecular complexity index is 525. The van der Waals surface area contributed by atoms with Crippen molar-refractivity contribution in [2.24, 2.45) is 5.92 Å². The van der Waals surface area contributed by atoms with E-state index in [1.807, 2.05) is 0 Å². The number of benzene rings is 1. The molecule has 2 rings (SSSR count). The van der Waals surface area contributed by atoms with Crippen molar-refractivity contribution in [2.75, 3.05) is 7.11 Å². The number of hydrogen-bond acceptors (Lipinski definition) is 4. The highest BCUT2D eigenvalue weighted by atomic mass is 16.6. The second kappa shape index (κ2) is 4.68. The van der Waals surface area contributed by atoms with E-state index in [-0.39, 0.29) is 5.78 Å². The van der Waals surface area contributed by atoms with E-state index in [9.17, 15) is 9.59 Å². The minimum atomic E-state index is -0.721. The lowest BCUT2D eigenvalue weighted by Crippen LogP contribution is -2.31. The summed E-state index contributed by atoms with van der Waals surface area (Å²) < 4.78 is 10.4. The van der Waals surface area contributed by atoms with Crippen molar-refractivity contribution in [1.29, 1.82) is 0 Å². The molecule has 1 aromatic carbocycles. The van der Waals surface area contributed by atoms with Crippen molar-refractivity contribution in [3.05, 3.63) is 29.3 Å². The van der Waals surface area contributed by atoms with Gasteiger partial charge >= 0.3 is 5.97 Å². The Balaban J connectivity index is 2.21. The van der Waals surface area contributed by atoms with Crippen LogP contribution in [0.2, 0.25) is 0 Å². The highest BCUT2D eigenvalue weighted by Gasteiger charge is 2.38. The third-order valence-electron chi connectivity index (χ3n) is 3.01. The topological polar surface area (TPSA) is 52.6 Å². The minimum Gasteiger partial charge on any atom is -0.497 e. The number of rotatable bonds is 2. The summed E-state index contributed by atoms with van der Waals surface area (Å²) >= 11 is 0. The minimum absolute atomic E-state index is 0.160. The van der Waals surface area contributed by atoms with Crippen molar-refractivity contribution >= 4 is 11.8 Å².